The minimum Gasteiger partial charge on any atom is -0.356 e. The lowest BCUT2D eigenvalue weighted by molar-refractivity contribution is 0.173. The van der Waals surface area contributed by atoms with Crippen molar-refractivity contribution >= 4 is 29.9 Å². The molecule has 0 saturated carbocycles. The predicted octanol–water partition coefficient (Wildman–Crippen LogP) is 3.01. The molecule has 0 radical (unpaired) electrons. The van der Waals surface area contributed by atoms with Crippen molar-refractivity contribution in [2.75, 3.05) is 46.8 Å². The largest absolute Gasteiger partial charge is 0.356 e. The van der Waals surface area contributed by atoms with Crippen LogP contribution in [0, 0.1) is 5.92 Å². The number of nitrogens with one attached hydrogen (secondary N) is 2. The van der Waals surface area contributed by atoms with Crippen molar-refractivity contribution in [3.05, 3.63) is 0 Å². The van der Waals surface area contributed by atoms with E-state index in [-0.39, 0.29) is 24.0 Å². The third-order valence-corrected chi connectivity index (χ3v) is 5.12. The van der Waals surface area contributed by atoms with Gasteiger partial charge in [-0.15, -0.1) is 24.0 Å². The van der Waals surface area contributed by atoms with E-state index >= 15 is 0 Å². The smallest absolute Gasteiger partial charge is 0.190 e. The monoisotopic (exact) mass is 467 g/mol. The van der Waals surface area contributed by atoms with Gasteiger partial charge in [0.2, 0.25) is 0 Å². The SMILES string of the molecule is CN=C(NCCCN(C(C)C)C(C)C)NCCC1CCN(C)CC1.I. The molecule has 0 atom stereocenters. The Labute approximate surface area is 173 Å². The van der Waals surface area contributed by atoms with Crippen LogP contribution in [-0.4, -0.2) is 74.7 Å². The summed E-state index contributed by atoms with van der Waals surface area (Å²) in [5.74, 6) is 1.82. The Hall–Kier alpha value is -0.0800. The highest BCUT2D eigenvalue weighted by molar-refractivity contribution is 14.0. The average Bonchev–Trinajstić information content (AvgIpc) is 2.54. The van der Waals surface area contributed by atoms with Gasteiger partial charge in [0.05, 0.1) is 0 Å². The zero-order chi connectivity index (χ0) is 17.9. The van der Waals surface area contributed by atoms with E-state index in [1.165, 1.54) is 32.4 Å². The topological polar surface area (TPSA) is 42.9 Å². The molecule has 1 aliphatic rings. The molecule has 0 spiro atoms. The van der Waals surface area contributed by atoms with E-state index < -0.39 is 0 Å². The van der Waals surface area contributed by atoms with Crippen molar-refractivity contribution in [3.8, 4) is 0 Å². The number of piperidine rings is 1. The molecule has 6 heteroatoms. The average molecular weight is 467 g/mol. The Balaban J connectivity index is 0.00000576. The van der Waals surface area contributed by atoms with E-state index in [1.807, 2.05) is 7.05 Å². The lowest BCUT2D eigenvalue weighted by Crippen LogP contribution is -2.42. The quantitative estimate of drug-likeness (QED) is 0.237. The summed E-state index contributed by atoms with van der Waals surface area (Å²) in [4.78, 5) is 9.31. The van der Waals surface area contributed by atoms with Crippen LogP contribution in [0.2, 0.25) is 0 Å². The molecular weight excluding hydrogens is 425 g/mol. The molecule has 25 heavy (non-hydrogen) atoms. The molecule has 0 aliphatic carbocycles. The maximum atomic E-state index is 4.34. The predicted molar refractivity (Wildman–Crippen MR) is 121 cm³/mol. The van der Waals surface area contributed by atoms with Gasteiger partial charge in [0, 0.05) is 38.8 Å². The standard InChI is InChI=1S/C19H41N5.HI/c1-16(2)24(17(3)4)13-7-11-21-19(20-5)22-12-8-18-9-14-23(6)15-10-18;/h16-18H,7-15H2,1-6H3,(H2,20,21,22);1H. The van der Waals surface area contributed by atoms with Gasteiger partial charge in [-0.1, -0.05) is 0 Å². The third-order valence-electron chi connectivity index (χ3n) is 5.12. The van der Waals surface area contributed by atoms with Crippen molar-refractivity contribution in [1.82, 2.24) is 20.4 Å². The molecule has 2 N–H and O–H groups in total. The second-order valence-electron chi connectivity index (χ2n) is 7.74. The summed E-state index contributed by atoms with van der Waals surface area (Å²) < 4.78 is 0. The number of guanidine groups is 1. The van der Waals surface area contributed by atoms with E-state index in [1.54, 1.807) is 0 Å². The van der Waals surface area contributed by atoms with Crippen LogP contribution >= 0.6 is 24.0 Å². The van der Waals surface area contributed by atoms with Crippen LogP contribution in [0.1, 0.15) is 53.4 Å². The fourth-order valence-electron chi connectivity index (χ4n) is 3.55. The van der Waals surface area contributed by atoms with Gasteiger partial charge in [-0.3, -0.25) is 9.89 Å². The number of rotatable bonds is 9. The van der Waals surface area contributed by atoms with E-state index in [2.05, 4.69) is 60.2 Å². The summed E-state index contributed by atoms with van der Waals surface area (Å²) in [5, 5.41) is 6.92. The summed E-state index contributed by atoms with van der Waals surface area (Å²) in [5.41, 5.74) is 0. The fraction of sp³-hybridized carbons (Fsp3) is 0.947. The summed E-state index contributed by atoms with van der Waals surface area (Å²) in [7, 11) is 4.08. The van der Waals surface area contributed by atoms with Crippen LogP contribution in [0.15, 0.2) is 4.99 Å². The van der Waals surface area contributed by atoms with Gasteiger partial charge in [-0.2, -0.15) is 0 Å². The number of halogens is 1. The van der Waals surface area contributed by atoms with Crippen molar-refractivity contribution in [2.45, 2.75) is 65.5 Å². The van der Waals surface area contributed by atoms with E-state index in [0.29, 0.717) is 12.1 Å². The van der Waals surface area contributed by atoms with E-state index in [4.69, 9.17) is 0 Å². The van der Waals surface area contributed by atoms with Gasteiger partial charge < -0.3 is 15.5 Å². The molecule has 0 bridgehead atoms. The van der Waals surface area contributed by atoms with Crippen LogP contribution in [0.3, 0.4) is 0 Å². The summed E-state index contributed by atoms with van der Waals surface area (Å²) in [6.07, 6.45) is 5.07. The maximum Gasteiger partial charge on any atom is 0.190 e. The summed E-state index contributed by atoms with van der Waals surface area (Å²) in [6.45, 7) is 14.7. The van der Waals surface area contributed by atoms with Crippen LogP contribution in [0.4, 0.5) is 0 Å². The highest BCUT2D eigenvalue weighted by Gasteiger charge is 2.16. The van der Waals surface area contributed by atoms with Gasteiger partial charge in [0.1, 0.15) is 0 Å². The maximum absolute atomic E-state index is 4.34. The molecular formula is C19H42IN5. The normalized spacial score (nSPS) is 17.2. The van der Waals surface area contributed by atoms with Gasteiger partial charge >= 0.3 is 0 Å². The van der Waals surface area contributed by atoms with Crippen molar-refractivity contribution in [2.24, 2.45) is 10.9 Å². The summed E-state index contributed by atoms with van der Waals surface area (Å²) >= 11 is 0. The first-order valence-corrected chi connectivity index (χ1v) is 9.82. The Bertz CT molecular complexity index is 344. The van der Waals surface area contributed by atoms with Gasteiger partial charge in [0.25, 0.3) is 0 Å². The number of hydrogen-bond acceptors (Lipinski definition) is 3. The zero-order valence-electron chi connectivity index (χ0n) is 17.3. The van der Waals surface area contributed by atoms with Crippen molar-refractivity contribution in [1.29, 1.82) is 0 Å². The molecule has 1 aliphatic heterocycles. The van der Waals surface area contributed by atoms with Crippen molar-refractivity contribution < 1.29 is 0 Å². The molecule has 0 aromatic carbocycles. The second kappa shape index (κ2) is 14.0. The molecule has 1 heterocycles. The van der Waals surface area contributed by atoms with Crippen LogP contribution in [-0.2, 0) is 0 Å². The van der Waals surface area contributed by atoms with Gasteiger partial charge in [0.15, 0.2) is 5.96 Å². The number of aliphatic imine (C=N–C) groups is 1. The number of nitrogens with zero attached hydrogens (tertiary/aromatic N) is 3. The number of hydrogen-bond donors (Lipinski definition) is 2. The van der Waals surface area contributed by atoms with E-state index in [0.717, 1.165) is 37.9 Å². The highest BCUT2D eigenvalue weighted by atomic mass is 127. The Morgan fingerprint density at radius 2 is 1.64 bits per heavy atom. The molecule has 1 fully saturated rings. The van der Waals surface area contributed by atoms with Crippen LogP contribution in [0.5, 0.6) is 0 Å². The molecule has 0 unspecified atom stereocenters. The lowest BCUT2D eigenvalue weighted by atomic mass is 9.94. The Kier molecular flexibility index (Phi) is 14.0. The highest BCUT2D eigenvalue weighted by Crippen LogP contribution is 2.18. The van der Waals surface area contributed by atoms with E-state index in [9.17, 15) is 0 Å². The molecule has 1 rings (SSSR count). The first-order valence-electron chi connectivity index (χ1n) is 9.82. The second-order valence-corrected chi connectivity index (χ2v) is 7.74. The van der Waals surface area contributed by atoms with Crippen molar-refractivity contribution in [3.63, 3.8) is 0 Å². The molecule has 0 aromatic heterocycles. The van der Waals surface area contributed by atoms with Crippen LogP contribution < -0.4 is 10.6 Å². The first-order chi connectivity index (χ1) is 11.4. The third kappa shape index (κ3) is 10.6. The molecule has 150 valence electrons. The molecule has 0 aromatic rings. The fourth-order valence-corrected chi connectivity index (χ4v) is 3.55. The van der Waals surface area contributed by atoms with Gasteiger partial charge in [-0.25, -0.2) is 0 Å². The Morgan fingerprint density at radius 1 is 1.08 bits per heavy atom. The van der Waals surface area contributed by atoms with Crippen LogP contribution in [0.25, 0.3) is 0 Å². The molecule has 1 saturated heterocycles. The minimum absolute atomic E-state index is 0. The minimum atomic E-state index is 0. The summed E-state index contributed by atoms with van der Waals surface area (Å²) in [6, 6.07) is 1.22. The lowest BCUT2D eigenvalue weighted by Gasteiger charge is -2.30. The Morgan fingerprint density at radius 3 is 2.16 bits per heavy atom. The molecule has 5 nitrogen and oxygen atoms in total. The number of likely N-dealkylation sites (tertiary alicyclic amines) is 1. The zero-order valence-corrected chi connectivity index (χ0v) is 19.7. The molecule has 0 amide bonds. The van der Waals surface area contributed by atoms with Gasteiger partial charge in [-0.05, 0) is 79.4 Å². The first kappa shape index (κ1) is 24.9.